The van der Waals surface area contributed by atoms with Crippen molar-refractivity contribution in [1.29, 1.82) is 0 Å². The number of Topliss-reactive ketones (excluding diaryl/α,β-unsaturated/α-hetero) is 1. The van der Waals surface area contributed by atoms with Crippen molar-refractivity contribution in [1.82, 2.24) is 0 Å². The molecular weight excluding hydrogens is 228 g/mol. The molecule has 0 bridgehead atoms. The predicted molar refractivity (Wildman–Crippen MR) is 75.5 cm³/mol. The first kappa shape index (κ1) is 19.5. The van der Waals surface area contributed by atoms with Gasteiger partial charge in [-0.3, -0.25) is 9.59 Å². The zero-order chi connectivity index (χ0) is 15.0. The van der Waals surface area contributed by atoms with Gasteiger partial charge in [0.2, 0.25) is 0 Å². The number of carbonyl (C=O) groups excluding carboxylic acids is 2. The van der Waals surface area contributed by atoms with E-state index in [2.05, 4.69) is 6.92 Å². The van der Waals surface area contributed by atoms with Gasteiger partial charge in [0.25, 0.3) is 0 Å². The topological polar surface area (TPSA) is 43.4 Å². The molecule has 0 spiro atoms. The highest BCUT2D eigenvalue weighted by Gasteiger charge is 2.22. The van der Waals surface area contributed by atoms with E-state index in [-0.39, 0.29) is 22.6 Å². The lowest BCUT2D eigenvalue weighted by molar-refractivity contribution is -0.153. The second-order valence-electron chi connectivity index (χ2n) is 6.55. The van der Waals surface area contributed by atoms with E-state index in [9.17, 15) is 9.59 Å². The van der Waals surface area contributed by atoms with E-state index in [4.69, 9.17) is 4.74 Å². The minimum Gasteiger partial charge on any atom is -0.465 e. The fourth-order valence-corrected chi connectivity index (χ4v) is 0.526. The fraction of sp³-hybridized carbons (Fsp3) is 0.867. The van der Waals surface area contributed by atoms with Crippen molar-refractivity contribution in [3.05, 3.63) is 0 Å². The summed E-state index contributed by atoms with van der Waals surface area (Å²) in [5.74, 6) is 0.137. The lowest BCUT2D eigenvalue weighted by Crippen LogP contribution is -2.23. The third-order valence-electron chi connectivity index (χ3n) is 2.40. The van der Waals surface area contributed by atoms with Gasteiger partial charge in [-0.05, 0) is 34.1 Å². The van der Waals surface area contributed by atoms with Gasteiger partial charge >= 0.3 is 5.97 Å². The third-order valence-corrected chi connectivity index (χ3v) is 2.40. The van der Waals surface area contributed by atoms with Crippen molar-refractivity contribution in [2.75, 3.05) is 6.61 Å². The summed E-state index contributed by atoms with van der Waals surface area (Å²) in [6, 6.07) is 0. The molecule has 3 nitrogen and oxygen atoms in total. The molecule has 0 fully saturated rings. The number of ketones is 1. The monoisotopic (exact) mass is 258 g/mol. The molecule has 0 atom stereocenters. The summed E-state index contributed by atoms with van der Waals surface area (Å²) in [4.78, 5) is 21.6. The zero-order valence-corrected chi connectivity index (χ0v) is 13.3. The van der Waals surface area contributed by atoms with Crippen LogP contribution in [0.4, 0.5) is 0 Å². The van der Waals surface area contributed by atoms with E-state index >= 15 is 0 Å². The van der Waals surface area contributed by atoms with Gasteiger partial charge in [-0.15, -0.1) is 0 Å². The molecule has 18 heavy (non-hydrogen) atoms. The average Bonchev–Trinajstić information content (AvgIpc) is 2.15. The predicted octanol–water partition coefficient (Wildman–Crippen LogP) is 4.00. The van der Waals surface area contributed by atoms with Crippen LogP contribution in [-0.2, 0) is 14.3 Å². The average molecular weight is 258 g/mol. The minimum absolute atomic E-state index is 0.106. The summed E-state index contributed by atoms with van der Waals surface area (Å²) >= 11 is 0. The molecule has 0 aliphatic carbocycles. The number of ether oxygens (including phenoxy) is 1. The Morgan fingerprint density at radius 1 is 0.944 bits per heavy atom. The molecule has 0 amide bonds. The van der Waals surface area contributed by atoms with Crippen LogP contribution < -0.4 is 0 Å². The van der Waals surface area contributed by atoms with Crippen LogP contribution in [0.25, 0.3) is 0 Å². The van der Waals surface area contributed by atoms with Crippen LogP contribution in [0.15, 0.2) is 0 Å². The van der Waals surface area contributed by atoms with Gasteiger partial charge in [0.1, 0.15) is 5.78 Å². The number of hydrogen-bond acceptors (Lipinski definition) is 3. The molecular formula is C15H30O3. The van der Waals surface area contributed by atoms with Crippen molar-refractivity contribution in [2.24, 2.45) is 10.8 Å². The maximum absolute atomic E-state index is 11.1. The number of rotatable bonds is 3. The summed E-state index contributed by atoms with van der Waals surface area (Å²) in [5.41, 5.74) is -0.492. The zero-order valence-electron chi connectivity index (χ0n) is 13.3. The molecule has 0 unspecified atom stereocenters. The molecule has 0 aliphatic heterocycles. The van der Waals surface area contributed by atoms with Gasteiger partial charge in [-0.2, -0.15) is 0 Å². The SMILES string of the molecule is CC(=O)C(C)(C)C.CCCCOC(=O)C(C)(C)C. The van der Waals surface area contributed by atoms with Gasteiger partial charge in [0, 0.05) is 5.41 Å². The third kappa shape index (κ3) is 11.6. The van der Waals surface area contributed by atoms with Crippen molar-refractivity contribution in [3.8, 4) is 0 Å². The molecule has 0 heterocycles. The Morgan fingerprint density at radius 3 is 1.56 bits per heavy atom. The van der Waals surface area contributed by atoms with Crippen molar-refractivity contribution in [2.45, 2.75) is 68.2 Å². The first-order valence-electron chi connectivity index (χ1n) is 6.61. The Kier molecular flexibility index (Phi) is 8.96. The van der Waals surface area contributed by atoms with Gasteiger partial charge in [-0.25, -0.2) is 0 Å². The first-order valence-corrected chi connectivity index (χ1v) is 6.61. The summed E-state index contributed by atoms with van der Waals surface area (Å²) in [7, 11) is 0. The molecule has 0 aliphatic rings. The van der Waals surface area contributed by atoms with Gasteiger partial charge in [-0.1, -0.05) is 34.1 Å². The summed E-state index contributed by atoms with van der Waals surface area (Å²) in [6.45, 7) is 15.6. The van der Waals surface area contributed by atoms with Crippen LogP contribution in [0.3, 0.4) is 0 Å². The second kappa shape index (κ2) is 8.28. The van der Waals surface area contributed by atoms with Gasteiger partial charge < -0.3 is 4.74 Å². The molecule has 0 aromatic rings. The molecule has 0 saturated heterocycles. The van der Waals surface area contributed by atoms with Crippen molar-refractivity contribution >= 4 is 11.8 Å². The number of esters is 1. The highest BCUT2D eigenvalue weighted by Crippen LogP contribution is 2.15. The maximum Gasteiger partial charge on any atom is 0.311 e. The summed E-state index contributed by atoms with van der Waals surface area (Å²) in [6.07, 6.45) is 2.03. The highest BCUT2D eigenvalue weighted by atomic mass is 16.5. The van der Waals surface area contributed by atoms with Crippen molar-refractivity contribution < 1.29 is 14.3 Å². The van der Waals surface area contributed by atoms with Gasteiger partial charge in [0.15, 0.2) is 0 Å². The van der Waals surface area contributed by atoms with E-state index in [1.807, 2.05) is 41.5 Å². The van der Waals surface area contributed by atoms with E-state index in [0.717, 1.165) is 12.8 Å². The van der Waals surface area contributed by atoms with E-state index in [1.165, 1.54) is 0 Å². The Hall–Kier alpha value is -0.860. The molecule has 0 aromatic heterocycles. The Balaban J connectivity index is 0. The van der Waals surface area contributed by atoms with Crippen molar-refractivity contribution in [3.63, 3.8) is 0 Å². The Bertz CT molecular complexity index is 254. The molecule has 0 aromatic carbocycles. The van der Waals surface area contributed by atoms with Crippen LogP contribution in [0.1, 0.15) is 68.2 Å². The number of carbonyl (C=O) groups is 2. The normalized spacial score (nSPS) is 11.3. The molecule has 0 saturated carbocycles. The molecule has 0 radical (unpaired) electrons. The second-order valence-corrected chi connectivity index (χ2v) is 6.55. The largest absolute Gasteiger partial charge is 0.465 e. The van der Waals surface area contributed by atoms with E-state index < -0.39 is 0 Å². The molecule has 0 rings (SSSR count). The quantitative estimate of drug-likeness (QED) is 0.567. The van der Waals surface area contributed by atoms with Crippen LogP contribution in [0.5, 0.6) is 0 Å². The minimum atomic E-state index is -0.353. The van der Waals surface area contributed by atoms with Crippen LogP contribution in [0, 0.1) is 10.8 Å². The molecule has 3 heteroatoms. The van der Waals surface area contributed by atoms with Crippen LogP contribution in [0.2, 0.25) is 0 Å². The highest BCUT2D eigenvalue weighted by molar-refractivity contribution is 5.80. The lowest BCUT2D eigenvalue weighted by Gasteiger charge is -2.15. The lowest BCUT2D eigenvalue weighted by atomic mass is 9.92. The van der Waals surface area contributed by atoms with Crippen LogP contribution >= 0.6 is 0 Å². The Morgan fingerprint density at radius 2 is 1.33 bits per heavy atom. The Labute approximate surface area is 112 Å². The van der Waals surface area contributed by atoms with Gasteiger partial charge in [0.05, 0.1) is 12.0 Å². The molecule has 108 valence electrons. The first-order chi connectivity index (χ1) is 7.92. The van der Waals surface area contributed by atoms with Crippen LogP contribution in [-0.4, -0.2) is 18.4 Å². The van der Waals surface area contributed by atoms with E-state index in [0.29, 0.717) is 6.61 Å². The fourth-order valence-electron chi connectivity index (χ4n) is 0.526. The molecule has 0 N–H and O–H groups in total. The smallest absolute Gasteiger partial charge is 0.311 e. The summed E-state index contributed by atoms with van der Waals surface area (Å²) < 4.78 is 5.01. The maximum atomic E-state index is 11.1. The number of hydrogen-bond donors (Lipinski definition) is 0. The summed E-state index contributed by atoms with van der Waals surface area (Å²) in [5, 5.41) is 0. The standard InChI is InChI=1S/C9H18O2.C6H12O/c1-5-6-7-11-8(10)9(2,3)4;1-5(7)6(2,3)4/h5-7H2,1-4H3;1-4H3. The van der Waals surface area contributed by atoms with E-state index in [1.54, 1.807) is 6.92 Å². The number of unbranched alkanes of at least 4 members (excludes halogenated alkanes) is 1.